The van der Waals surface area contributed by atoms with E-state index in [2.05, 4.69) is 14.3 Å². The summed E-state index contributed by atoms with van der Waals surface area (Å²) in [6.07, 6.45) is 2.45. The smallest absolute Gasteiger partial charge is 0.257 e. The number of halogens is 1. The second-order valence-corrected chi connectivity index (χ2v) is 6.23. The van der Waals surface area contributed by atoms with Crippen LogP contribution >= 0.6 is 11.5 Å². The number of hydrogen-bond donors (Lipinski definition) is 1. The Balaban J connectivity index is 1.94. The maximum absolute atomic E-state index is 13.4. The first kappa shape index (κ1) is 12.9. The van der Waals surface area contributed by atoms with Gasteiger partial charge in [-0.15, -0.1) is 0 Å². The van der Waals surface area contributed by atoms with Crippen LogP contribution in [-0.4, -0.2) is 27.3 Å². The van der Waals surface area contributed by atoms with Crippen molar-refractivity contribution >= 4 is 32.5 Å². The quantitative estimate of drug-likeness (QED) is 0.792. The molecule has 1 N–H and O–H groups in total. The highest BCUT2D eigenvalue weighted by Crippen LogP contribution is 2.29. The Hall–Kier alpha value is -1.79. The van der Waals surface area contributed by atoms with E-state index in [9.17, 15) is 9.18 Å². The zero-order valence-corrected chi connectivity index (χ0v) is 12.2. The van der Waals surface area contributed by atoms with Gasteiger partial charge in [0.25, 0.3) is 5.56 Å². The van der Waals surface area contributed by atoms with Crippen molar-refractivity contribution in [3.8, 4) is 0 Å². The van der Waals surface area contributed by atoms with Crippen LogP contribution in [0.4, 0.5) is 4.39 Å². The molecule has 0 bridgehead atoms. The summed E-state index contributed by atoms with van der Waals surface area (Å²) < 4.78 is 17.9. The van der Waals surface area contributed by atoms with Crippen LogP contribution in [0.5, 0.6) is 0 Å². The van der Waals surface area contributed by atoms with Crippen LogP contribution in [0.25, 0.3) is 21.0 Å². The molecule has 0 spiro atoms. The van der Waals surface area contributed by atoms with Crippen molar-refractivity contribution in [3.63, 3.8) is 0 Å². The molecule has 21 heavy (non-hydrogen) atoms. The van der Waals surface area contributed by atoms with Gasteiger partial charge in [0.15, 0.2) is 0 Å². The van der Waals surface area contributed by atoms with Gasteiger partial charge < -0.3 is 4.98 Å². The van der Waals surface area contributed by atoms with E-state index >= 15 is 0 Å². The van der Waals surface area contributed by atoms with E-state index in [4.69, 9.17) is 0 Å². The highest BCUT2D eigenvalue weighted by molar-refractivity contribution is 7.13. The number of rotatable bonds is 2. The van der Waals surface area contributed by atoms with Gasteiger partial charge >= 0.3 is 0 Å². The third-order valence-corrected chi connectivity index (χ3v) is 4.86. The van der Waals surface area contributed by atoms with Crippen LogP contribution in [0, 0.1) is 5.82 Å². The van der Waals surface area contributed by atoms with Crippen LogP contribution in [0.2, 0.25) is 0 Å². The van der Waals surface area contributed by atoms with Crippen molar-refractivity contribution in [2.24, 2.45) is 0 Å². The van der Waals surface area contributed by atoms with E-state index in [1.165, 1.54) is 36.5 Å². The Morgan fingerprint density at radius 2 is 2.10 bits per heavy atom. The average Bonchev–Trinajstić information content (AvgIpc) is 3.10. The first-order valence-electron chi connectivity index (χ1n) is 7.04. The van der Waals surface area contributed by atoms with E-state index in [0.29, 0.717) is 5.39 Å². The summed E-state index contributed by atoms with van der Waals surface area (Å²) in [6.45, 7) is 2.97. The lowest BCUT2D eigenvalue weighted by atomic mass is 10.1. The predicted octanol–water partition coefficient (Wildman–Crippen LogP) is 2.87. The average molecular weight is 303 g/mol. The van der Waals surface area contributed by atoms with Crippen molar-refractivity contribution < 1.29 is 4.39 Å². The van der Waals surface area contributed by atoms with E-state index in [-0.39, 0.29) is 5.56 Å². The number of pyridine rings is 1. The van der Waals surface area contributed by atoms with Gasteiger partial charge in [-0.1, -0.05) is 6.07 Å². The van der Waals surface area contributed by atoms with Gasteiger partial charge in [-0.3, -0.25) is 9.69 Å². The van der Waals surface area contributed by atoms with Crippen LogP contribution in [0.15, 0.2) is 23.0 Å². The lowest BCUT2D eigenvalue weighted by molar-refractivity contribution is 0.329. The largest absolute Gasteiger partial charge is 0.312 e. The van der Waals surface area contributed by atoms with Crippen LogP contribution < -0.4 is 5.56 Å². The molecule has 1 saturated heterocycles. The van der Waals surface area contributed by atoms with E-state index in [1.54, 1.807) is 6.07 Å². The first-order valence-corrected chi connectivity index (χ1v) is 7.82. The first-order chi connectivity index (χ1) is 10.2. The summed E-state index contributed by atoms with van der Waals surface area (Å²) in [5, 5.41) is 2.14. The van der Waals surface area contributed by atoms with E-state index in [1.807, 2.05) is 0 Å². The van der Waals surface area contributed by atoms with Gasteiger partial charge in [0.05, 0.1) is 11.1 Å². The zero-order chi connectivity index (χ0) is 14.4. The van der Waals surface area contributed by atoms with Gasteiger partial charge in [-0.05, 0) is 55.0 Å². The molecule has 0 saturated carbocycles. The molecule has 3 aromatic rings. The van der Waals surface area contributed by atoms with Crippen LogP contribution in [0.1, 0.15) is 18.5 Å². The molecule has 0 atom stereocenters. The Morgan fingerprint density at radius 3 is 2.90 bits per heavy atom. The molecular weight excluding hydrogens is 289 g/mol. The van der Waals surface area contributed by atoms with Gasteiger partial charge in [-0.2, -0.15) is 4.37 Å². The number of likely N-dealkylation sites (tertiary alicyclic amines) is 1. The minimum absolute atomic E-state index is 0.256. The number of fused-ring (bicyclic) bond motifs is 3. The minimum atomic E-state index is -0.392. The minimum Gasteiger partial charge on any atom is -0.312 e. The lowest BCUT2D eigenvalue weighted by Crippen LogP contribution is -2.18. The lowest BCUT2D eigenvalue weighted by Gasteiger charge is -2.13. The predicted molar refractivity (Wildman–Crippen MR) is 82.2 cm³/mol. The van der Waals surface area contributed by atoms with Crippen LogP contribution in [0.3, 0.4) is 0 Å². The normalized spacial score (nSPS) is 16.2. The molecule has 6 heteroatoms. The van der Waals surface area contributed by atoms with Crippen molar-refractivity contribution in [2.45, 2.75) is 19.4 Å². The second kappa shape index (κ2) is 4.89. The number of hydrogen-bond acceptors (Lipinski definition) is 4. The van der Waals surface area contributed by atoms with Crippen molar-refractivity contribution in [1.82, 2.24) is 14.3 Å². The van der Waals surface area contributed by atoms with Gasteiger partial charge in [0, 0.05) is 11.9 Å². The number of nitrogens with zero attached hydrogens (tertiary/aromatic N) is 2. The Kier molecular flexibility index (Phi) is 3.01. The molecule has 4 nitrogen and oxygen atoms in total. The van der Waals surface area contributed by atoms with Gasteiger partial charge in [-0.25, -0.2) is 4.39 Å². The number of H-pyrrole nitrogens is 1. The van der Waals surface area contributed by atoms with Gasteiger partial charge in [0.1, 0.15) is 10.6 Å². The van der Waals surface area contributed by atoms with Crippen LogP contribution in [-0.2, 0) is 6.54 Å². The Morgan fingerprint density at radius 1 is 1.29 bits per heavy atom. The molecule has 0 unspecified atom stereocenters. The maximum atomic E-state index is 13.4. The molecular formula is C15H14FN3OS. The standard InChI is InChI=1S/C15H14FN3OS/c16-9-3-4-10-11(7-9)14(20)17-15-13(10)12(18-21-15)8-19-5-1-2-6-19/h3-4,7H,1-2,5-6,8H2,(H,17,20). The van der Waals surface area contributed by atoms with Crippen molar-refractivity contribution in [1.29, 1.82) is 0 Å². The summed E-state index contributed by atoms with van der Waals surface area (Å²) in [4.78, 5) is 18.0. The molecule has 108 valence electrons. The topological polar surface area (TPSA) is 49.0 Å². The summed E-state index contributed by atoms with van der Waals surface area (Å²) in [5.41, 5.74) is 0.720. The number of aromatic amines is 1. The number of benzene rings is 1. The second-order valence-electron chi connectivity index (χ2n) is 5.46. The fourth-order valence-corrected chi connectivity index (χ4v) is 3.85. The monoisotopic (exact) mass is 303 g/mol. The molecule has 1 fully saturated rings. The van der Waals surface area contributed by atoms with Crippen molar-refractivity contribution in [3.05, 3.63) is 40.1 Å². The zero-order valence-electron chi connectivity index (χ0n) is 11.4. The summed E-state index contributed by atoms with van der Waals surface area (Å²) in [6, 6.07) is 4.38. The number of aromatic nitrogens is 2. The molecule has 0 amide bonds. The SMILES string of the molecule is O=c1[nH]c2snc(CN3CCCC3)c2c2ccc(F)cc12. The van der Waals surface area contributed by atoms with Crippen molar-refractivity contribution in [2.75, 3.05) is 13.1 Å². The Bertz CT molecular complexity index is 880. The van der Waals surface area contributed by atoms with Gasteiger partial charge in [0.2, 0.25) is 0 Å². The fraction of sp³-hybridized carbons (Fsp3) is 0.333. The third kappa shape index (κ3) is 2.15. The molecule has 1 aliphatic rings. The highest BCUT2D eigenvalue weighted by Gasteiger charge is 2.18. The molecule has 1 aliphatic heterocycles. The third-order valence-electron chi connectivity index (χ3n) is 4.06. The molecule has 4 rings (SSSR count). The molecule has 1 aromatic carbocycles. The molecule has 3 heterocycles. The Labute approximate surface area is 124 Å². The number of nitrogens with one attached hydrogen (secondary N) is 1. The summed E-state index contributed by atoms with van der Waals surface area (Å²) in [7, 11) is 0. The highest BCUT2D eigenvalue weighted by atomic mass is 32.1. The van der Waals surface area contributed by atoms with E-state index < -0.39 is 5.82 Å². The molecule has 0 aliphatic carbocycles. The summed E-state index contributed by atoms with van der Waals surface area (Å²) >= 11 is 1.30. The maximum Gasteiger partial charge on any atom is 0.257 e. The summed E-state index contributed by atoms with van der Waals surface area (Å²) in [5.74, 6) is -0.392. The molecule has 0 radical (unpaired) electrons. The van der Waals surface area contributed by atoms with E-state index in [0.717, 1.165) is 40.9 Å². The fourth-order valence-electron chi connectivity index (χ4n) is 3.04. The molecule has 2 aromatic heterocycles.